The summed E-state index contributed by atoms with van der Waals surface area (Å²) < 4.78 is 1.97. The topological polar surface area (TPSA) is 98.7 Å². The lowest BCUT2D eigenvalue weighted by molar-refractivity contribution is 0.0996. The summed E-state index contributed by atoms with van der Waals surface area (Å²) >= 11 is 1.50. The van der Waals surface area contributed by atoms with E-state index >= 15 is 0 Å². The van der Waals surface area contributed by atoms with E-state index in [0.717, 1.165) is 54.2 Å². The second-order valence-electron chi connectivity index (χ2n) is 6.25. The Bertz CT molecular complexity index is 945. The van der Waals surface area contributed by atoms with Gasteiger partial charge in [-0.3, -0.25) is 9.48 Å². The third-order valence-electron chi connectivity index (χ3n) is 4.70. The highest BCUT2D eigenvalue weighted by Crippen LogP contribution is 2.32. The van der Waals surface area contributed by atoms with Crippen LogP contribution >= 0.6 is 11.8 Å². The molecular formula is C17H20N6OS. The van der Waals surface area contributed by atoms with E-state index in [-0.39, 0.29) is 6.04 Å². The summed E-state index contributed by atoms with van der Waals surface area (Å²) in [6.07, 6.45) is 6.83. The number of carbonyl (C=O) groups excluding carboxylic acids is 1. The maximum atomic E-state index is 11.9. The van der Waals surface area contributed by atoms with Crippen LogP contribution in [0.4, 0.5) is 0 Å². The zero-order valence-electron chi connectivity index (χ0n) is 14.0. The molecule has 2 aromatic heterocycles. The monoisotopic (exact) mass is 356 g/mol. The fourth-order valence-electron chi connectivity index (χ4n) is 3.49. The first kappa shape index (κ1) is 16.3. The van der Waals surface area contributed by atoms with Crippen molar-refractivity contribution in [3.05, 3.63) is 24.0 Å². The number of nitrogens with two attached hydrogens (primary N) is 1. The fourth-order valence-corrected chi connectivity index (χ4v) is 3.83. The minimum Gasteiger partial charge on any atom is -0.364 e. The Morgan fingerprint density at radius 1 is 1.36 bits per heavy atom. The van der Waals surface area contributed by atoms with Crippen molar-refractivity contribution in [3.8, 4) is 0 Å². The zero-order valence-corrected chi connectivity index (χ0v) is 14.8. The lowest BCUT2D eigenvalue weighted by Gasteiger charge is -2.16. The highest BCUT2D eigenvalue weighted by molar-refractivity contribution is 7.98. The van der Waals surface area contributed by atoms with Gasteiger partial charge in [0.2, 0.25) is 0 Å². The molecule has 4 rings (SSSR count). The first-order chi connectivity index (χ1) is 12.2. The molecule has 3 heterocycles. The van der Waals surface area contributed by atoms with E-state index in [1.807, 2.05) is 29.3 Å². The predicted octanol–water partition coefficient (Wildman–Crippen LogP) is 2.11. The van der Waals surface area contributed by atoms with E-state index in [2.05, 4.69) is 15.4 Å². The number of rotatable bonds is 3. The van der Waals surface area contributed by atoms with Gasteiger partial charge in [-0.05, 0) is 44.7 Å². The molecule has 3 aromatic rings. The van der Waals surface area contributed by atoms with Gasteiger partial charge in [-0.25, -0.2) is 9.97 Å². The first-order valence-corrected chi connectivity index (χ1v) is 9.64. The summed E-state index contributed by atoms with van der Waals surface area (Å²) in [5.74, 6) is -0.506. The van der Waals surface area contributed by atoms with Gasteiger partial charge in [-0.2, -0.15) is 5.10 Å². The fraction of sp³-hybridized carbons (Fsp3) is 0.412. The molecule has 25 heavy (non-hydrogen) atoms. The Kier molecular flexibility index (Phi) is 4.30. The standard InChI is InChI=1S/C17H20N6OS/c1-25-17-20-9-10-4-5-12-14(16(18)24)22-23(15(12)13(10)21-17)11-3-2-7-19-8-6-11/h4-5,9,11,19H,2-3,6-8H2,1H3,(H2,18,24). The quantitative estimate of drug-likeness (QED) is 0.551. The lowest BCUT2D eigenvalue weighted by Crippen LogP contribution is -2.17. The summed E-state index contributed by atoms with van der Waals surface area (Å²) in [4.78, 5) is 21.0. The van der Waals surface area contributed by atoms with E-state index < -0.39 is 5.91 Å². The Balaban J connectivity index is 2.02. The van der Waals surface area contributed by atoms with Crippen LogP contribution in [0.15, 0.2) is 23.5 Å². The number of aromatic nitrogens is 4. The Morgan fingerprint density at radius 2 is 2.24 bits per heavy atom. The molecule has 8 heteroatoms. The number of nitrogens with zero attached hydrogens (tertiary/aromatic N) is 4. The molecule has 0 spiro atoms. The number of hydrogen-bond acceptors (Lipinski definition) is 6. The smallest absolute Gasteiger partial charge is 0.269 e. The van der Waals surface area contributed by atoms with Gasteiger partial charge in [0.05, 0.1) is 11.6 Å². The number of benzene rings is 1. The van der Waals surface area contributed by atoms with Crippen molar-refractivity contribution < 1.29 is 4.79 Å². The van der Waals surface area contributed by atoms with Crippen molar-refractivity contribution >= 4 is 39.5 Å². The molecule has 1 aliphatic heterocycles. The molecule has 3 N–H and O–H groups in total. The first-order valence-electron chi connectivity index (χ1n) is 8.41. The predicted molar refractivity (Wildman–Crippen MR) is 98.9 cm³/mol. The molecule has 1 unspecified atom stereocenters. The summed E-state index contributed by atoms with van der Waals surface area (Å²) in [7, 11) is 0. The van der Waals surface area contributed by atoms with E-state index in [4.69, 9.17) is 10.7 Å². The molecule has 1 aliphatic rings. The van der Waals surface area contributed by atoms with Gasteiger partial charge in [0, 0.05) is 17.0 Å². The summed E-state index contributed by atoms with van der Waals surface area (Å²) in [6, 6.07) is 4.05. The molecule has 1 amide bonds. The molecule has 7 nitrogen and oxygen atoms in total. The van der Waals surface area contributed by atoms with E-state index in [9.17, 15) is 4.79 Å². The number of carbonyl (C=O) groups is 1. The van der Waals surface area contributed by atoms with Crippen LogP contribution in [0, 0.1) is 0 Å². The zero-order chi connectivity index (χ0) is 17.4. The van der Waals surface area contributed by atoms with E-state index in [1.54, 1.807) is 0 Å². The number of amides is 1. The van der Waals surface area contributed by atoms with Gasteiger partial charge >= 0.3 is 0 Å². The normalized spacial score (nSPS) is 18.5. The summed E-state index contributed by atoms with van der Waals surface area (Å²) in [5.41, 5.74) is 7.62. The number of hydrogen-bond donors (Lipinski definition) is 2. The van der Waals surface area contributed by atoms with Crippen molar-refractivity contribution in [1.29, 1.82) is 0 Å². The maximum absolute atomic E-state index is 11.9. The number of primary amides is 1. The third kappa shape index (κ3) is 2.85. The van der Waals surface area contributed by atoms with Crippen molar-refractivity contribution in [1.82, 2.24) is 25.1 Å². The average molecular weight is 356 g/mol. The van der Waals surface area contributed by atoms with Gasteiger partial charge in [-0.1, -0.05) is 17.8 Å². The molecule has 1 saturated heterocycles. The van der Waals surface area contributed by atoms with Gasteiger partial charge in [0.15, 0.2) is 10.9 Å². The van der Waals surface area contributed by atoms with Gasteiger partial charge in [0.25, 0.3) is 5.91 Å². The van der Waals surface area contributed by atoms with Crippen molar-refractivity contribution in [2.24, 2.45) is 5.73 Å². The van der Waals surface area contributed by atoms with Crippen LogP contribution < -0.4 is 11.1 Å². The third-order valence-corrected chi connectivity index (χ3v) is 5.26. The molecule has 0 radical (unpaired) electrons. The van der Waals surface area contributed by atoms with Crippen LogP contribution in [-0.2, 0) is 0 Å². The molecule has 1 aromatic carbocycles. The second kappa shape index (κ2) is 6.61. The lowest BCUT2D eigenvalue weighted by atomic mass is 10.1. The van der Waals surface area contributed by atoms with E-state index in [0.29, 0.717) is 10.9 Å². The molecule has 0 bridgehead atoms. The van der Waals surface area contributed by atoms with Crippen LogP contribution in [-0.4, -0.2) is 45.0 Å². The Hall–Kier alpha value is -2.19. The molecule has 1 atom stereocenters. The molecule has 0 aliphatic carbocycles. The number of nitrogens with one attached hydrogen (secondary N) is 1. The number of fused-ring (bicyclic) bond motifs is 3. The van der Waals surface area contributed by atoms with Crippen LogP contribution in [0.25, 0.3) is 21.8 Å². The maximum Gasteiger partial charge on any atom is 0.269 e. The van der Waals surface area contributed by atoms with Gasteiger partial charge < -0.3 is 11.1 Å². The molecule has 0 saturated carbocycles. The summed E-state index contributed by atoms with van der Waals surface area (Å²) in [6.45, 7) is 1.95. The highest BCUT2D eigenvalue weighted by atomic mass is 32.2. The summed E-state index contributed by atoms with van der Waals surface area (Å²) in [5, 5.41) is 10.4. The van der Waals surface area contributed by atoms with Gasteiger partial charge in [-0.15, -0.1) is 0 Å². The average Bonchev–Trinajstić information content (AvgIpc) is 2.82. The van der Waals surface area contributed by atoms with Crippen molar-refractivity contribution in [3.63, 3.8) is 0 Å². The largest absolute Gasteiger partial charge is 0.364 e. The second-order valence-corrected chi connectivity index (χ2v) is 7.02. The molecule has 130 valence electrons. The van der Waals surface area contributed by atoms with Gasteiger partial charge in [0.1, 0.15) is 5.52 Å². The highest BCUT2D eigenvalue weighted by Gasteiger charge is 2.23. The van der Waals surface area contributed by atoms with Crippen LogP contribution in [0.1, 0.15) is 35.8 Å². The van der Waals surface area contributed by atoms with Crippen LogP contribution in [0.2, 0.25) is 0 Å². The Morgan fingerprint density at radius 3 is 3.04 bits per heavy atom. The molecular weight excluding hydrogens is 336 g/mol. The van der Waals surface area contributed by atoms with E-state index in [1.165, 1.54) is 11.8 Å². The molecule has 1 fully saturated rings. The van der Waals surface area contributed by atoms with Crippen LogP contribution in [0.5, 0.6) is 0 Å². The Labute approximate surface area is 149 Å². The number of thioether (sulfide) groups is 1. The minimum absolute atomic E-state index is 0.226. The van der Waals surface area contributed by atoms with Crippen molar-refractivity contribution in [2.45, 2.75) is 30.5 Å². The van der Waals surface area contributed by atoms with Crippen molar-refractivity contribution in [2.75, 3.05) is 19.3 Å². The minimum atomic E-state index is -0.506. The van der Waals surface area contributed by atoms with Crippen LogP contribution in [0.3, 0.4) is 0 Å². The SMILES string of the molecule is CSc1ncc2ccc3c(C(N)=O)nn(C4CCCNCC4)c3c2n1.